The number of amides is 2. The Hall–Kier alpha value is -1.62. The Labute approximate surface area is 106 Å². The van der Waals surface area contributed by atoms with Crippen molar-refractivity contribution in [3.63, 3.8) is 0 Å². The standard InChI is InChI=1S/C13H18FN3O/c1-17(9-10-5-4-8-15-10)13(18)16-12-7-3-2-6-11(12)14/h2-3,6-7,10,15H,4-5,8-9H2,1H3,(H,16,18). The third-order valence-electron chi connectivity index (χ3n) is 3.12. The first-order chi connectivity index (χ1) is 8.66. The van der Waals surface area contributed by atoms with Gasteiger partial charge in [0, 0.05) is 19.6 Å². The zero-order valence-corrected chi connectivity index (χ0v) is 10.4. The molecule has 18 heavy (non-hydrogen) atoms. The minimum absolute atomic E-state index is 0.216. The topological polar surface area (TPSA) is 44.4 Å². The van der Waals surface area contributed by atoms with E-state index in [4.69, 9.17) is 0 Å². The summed E-state index contributed by atoms with van der Waals surface area (Å²) in [6.45, 7) is 1.65. The van der Waals surface area contributed by atoms with E-state index in [9.17, 15) is 9.18 Å². The van der Waals surface area contributed by atoms with Gasteiger partial charge in [-0.1, -0.05) is 12.1 Å². The van der Waals surface area contributed by atoms with Gasteiger partial charge in [-0.3, -0.25) is 0 Å². The summed E-state index contributed by atoms with van der Waals surface area (Å²) in [7, 11) is 1.72. The molecule has 1 aromatic carbocycles. The summed E-state index contributed by atoms with van der Waals surface area (Å²) >= 11 is 0. The molecule has 1 saturated heterocycles. The number of rotatable bonds is 3. The lowest BCUT2D eigenvalue weighted by Gasteiger charge is -2.21. The fraction of sp³-hybridized carbons (Fsp3) is 0.462. The third-order valence-corrected chi connectivity index (χ3v) is 3.12. The van der Waals surface area contributed by atoms with Crippen LogP contribution < -0.4 is 10.6 Å². The number of hydrogen-bond donors (Lipinski definition) is 2. The molecule has 4 nitrogen and oxygen atoms in total. The van der Waals surface area contributed by atoms with Crippen molar-refractivity contribution >= 4 is 11.7 Å². The monoisotopic (exact) mass is 251 g/mol. The van der Waals surface area contributed by atoms with Gasteiger partial charge in [0.2, 0.25) is 0 Å². The van der Waals surface area contributed by atoms with Crippen LogP contribution in [0.3, 0.4) is 0 Å². The first-order valence-electron chi connectivity index (χ1n) is 6.17. The molecule has 2 rings (SSSR count). The van der Waals surface area contributed by atoms with Crippen molar-refractivity contribution in [1.29, 1.82) is 0 Å². The zero-order chi connectivity index (χ0) is 13.0. The predicted octanol–water partition coefficient (Wildman–Crippen LogP) is 2.04. The lowest BCUT2D eigenvalue weighted by atomic mass is 10.2. The first-order valence-corrected chi connectivity index (χ1v) is 6.17. The number of anilines is 1. The fourth-order valence-electron chi connectivity index (χ4n) is 2.10. The quantitative estimate of drug-likeness (QED) is 0.863. The fourth-order valence-corrected chi connectivity index (χ4v) is 2.10. The average Bonchev–Trinajstić information content (AvgIpc) is 2.84. The van der Waals surface area contributed by atoms with E-state index in [1.54, 1.807) is 30.1 Å². The second-order valence-corrected chi connectivity index (χ2v) is 4.58. The number of carbonyl (C=O) groups excluding carboxylic acids is 1. The van der Waals surface area contributed by atoms with Gasteiger partial charge in [0.1, 0.15) is 5.82 Å². The van der Waals surface area contributed by atoms with Gasteiger partial charge >= 0.3 is 6.03 Å². The molecule has 1 fully saturated rings. The summed E-state index contributed by atoms with van der Waals surface area (Å²) in [4.78, 5) is 13.5. The molecule has 1 heterocycles. The summed E-state index contributed by atoms with van der Waals surface area (Å²) in [5.74, 6) is -0.418. The lowest BCUT2D eigenvalue weighted by Crippen LogP contribution is -2.40. The predicted molar refractivity (Wildman–Crippen MR) is 69.1 cm³/mol. The summed E-state index contributed by atoms with van der Waals surface area (Å²) in [5.41, 5.74) is 0.216. The van der Waals surface area contributed by atoms with Gasteiger partial charge in [0.15, 0.2) is 0 Å². The van der Waals surface area contributed by atoms with E-state index in [1.807, 2.05) is 0 Å². The maximum Gasteiger partial charge on any atom is 0.321 e. The number of nitrogens with zero attached hydrogens (tertiary/aromatic N) is 1. The Kier molecular flexibility index (Phi) is 4.15. The smallest absolute Gasteiger partial charge is 0.321 e. The van der Waals surface area contributed by atoms with Crippen LogP contribution in [0.5, 0.6) is 0 Å². The number of nitrogens with one attached hydrogen (secondary N) is 2. The van der Waals surface area contributed by atoms with E-state index >= 15 is 0 Å². The molecule has 1 aromatic rings. The lowest BCUT2D eigenvalue weighted by molar-refractivity contribution is 0.218. The van der Waals surface area contributed by atoms with Gasteiger partial charge in [-0.2, -0.15) is 0 Å². The molecule has 2 amide bonds. The Bertz CT molecular complexity index is 418. The molecule has 1 aliphatic rings. The molecule has 1 aliphatic heterocycles. The molecule has 5 heteroatoms. The van der Waals surface area contributed by atoms with Crippen LogP contribution in [0.1, 0.15) is 12.8 Å². The molecule has 0 spiro atoms. The zero-order valence-electron chi connectivity index (χ0n) is 10.4. The number of benzene rings is 1. The van der Waals surface area contributed by atoms with Crippen LogP contribution in [0.2, 0.25) is 0 Å². The van der Waals surface area contributed by atoms with Crippen LogP contribution in [-0.2, 0) is 0 Å². The maximum absolute atomic E-state index is 13.4. The Morgan fingerprint density at radius 3 is 3.00 bits per heavy atom. The number of halogens is 1. The van der Waals surface area contributed by atoms with Crippen LogP contribution in [-0.4, -0.2) is 37.1 Å². The molecule has 2 N–H and O–H groups in total. The number of urea groups is 1. The van der Waals surface area contributed by atoms with Crippen molar-refractivity contribution in [1.82, 2.24) is 10.2 Å². The van der Waals surface area contributed by atoms with E-state index < -0.39 is 5.82 Å². The second kappa shape index (κ2) is 5.82. The largest absolute Gasteiger partial charge is 0.326 e. The molecule has 0 aliphatic carbocycles. The molecule has 1 unspecified atom stereocenters. The van der Waals surface area contributed by atoms with Crippen LogP contribution >= 0.6 is 0 Å². The van der Waals surface area contributed by atoms with Crippen LogP contribution in [0.15, 0.2) is 24.3 Å². The highest BCUT2D eigenvalue weighted by Gasteiger charge is 2.19. The molecule has 0 radical (unpaired) electrons. The normalized spacial score (nSPS) is 18.7. The highest BCUT2D eigenvalue weighted by atomic mass is 19.1. The first kappa shape index (κ1) is 12.8. The molecule has 0 bridgehead atoms. The van der Waals surface area contributed by atoms with Crippen molar-refractivity contribution in [2.45, 2.75) is 18.9 Å². The van der Waals surface area contributed by atoms with Crippen molar-refractivity contribution < 1.29 is 9.18 Å². The Balaban J connectivity index is 1.89. The highest BCUT2D eigenvalue weighted by Crippen LogP contribution is 2.13. The van der Waals surface area contributed by atoms with Gasteiger partial charge < -0.3 is 15.5 Å². The summed E-state index contributed by atoms with van der Waals surface area (Å²) < 4.78 is 13.4. The van der Waals surface area contributed by atoms with Gasteiger partial charge in [-0.15, -0.1) is 0 Å². The number of likely N-dealkylation sites (N-methyl/N-ethyl adjacent to an activating group) is 1. The molecular weight excluding hydrogens is 233 g/mol. The van der Waals surface area contributed by atoms with E-state index in [0.717, 1.165) is 19.4 Å². The summed E-state index contributed by atoms with van der Waals surface area (Å²) in [6.07, 6.45) is 2.23. The Morgan fingerprint density at radius 1 is 1.56 bits per heavy atom. The number of carbonyl (C=O) groups is 1. The molecular formula is C13H18FN3O. The molecule has 1 atom stereocenters. The highest BCUT2D eigenvalue weighted by molar-refractivity contribution is 5.89. The molecule has 98 valence electrons. The van der Waals surface area contributed by atoms with Crippen molar-refractivity contribution in [3.05, 3.63) is 30.1 Å². The summed E-state index contributed by atoms with van der Waals surface area (Å²) in [6, 6.07) is 6.23. The van der Waals surface area contributed by atoms with Crippen molar-refractivity contribution in [3.8, 4) is 0 Å². The average molecular weight is 251 g/mol. The SMILES string of the molecule is CN(CC1CCCN1)C(=O)Nc1ccccc1F. The van der Waals surface area contributed by atoms with Gasteiger partial charge in [-0.25, -0.2) is 9.18 Å². The van der Waals surface area contributed by atoms with E-state index in [1.165, 1.54) is 6.07 Å². The third kappa shape index (κ3) is 3.20. The summed E-state index contributed by atoms with van der Waals surface area (Å²) in [5, 5.41) is 5.89. The van der Waals surface area contributed by atoms with Gasteiger partial charge in [0.05, 0.1) is 5.69 Å². The van der Waals surface area contributed by atoms with E-state index in [2.05, 4.69) is 10.6 Å². The molecule has 0 saturated carbocycles. The number of para-hydroxylation sites is 1. The van der Waals surface area contributed by atoms with Crippen LogP contribution in [0.25, 0.3) is 0 Å². The Morgan fingerprint density at radius 2 is 2.33 bits per heavy atom. The van der Waals surface area contributed by atoms with Gasteiger partial charge in [-0.05, 0) is 31.5 Å². The minimum Gasteiger partial charge on any atom is -0.326 e. The minimum atomic E-state index is -0.418. The van der Waals surface area contributed by atoms with Crippen molar-refractivity contribution in [2.75, 3.05) is 25.5 Å². The van der Waals surface area contributed by atoms with E-state index in [-0.39, 0.29) is 11.7 Å². The van der Waals surface area contributed by atoms with E-state index in [0.29, 0.717) is 12.6 Å². The van der Waals surface area contributed by atoms with Crippen LogP contribution in [0.4, 0.5) is 14.9 Å². The number of hydrogen-bond acceptors (Lipinski definition) is 2. The molecule has 0 aromatic heterocycles. The second-order valence-electron chi connectivity index (χ2n) is 4.58. The van der Waals surface area contributed by atoms with Gasteiger partial charge in [0.25, 0.3) is 0 Å². The maximum atomic E-state index is 13.4. The van der Waals surface area contributed by atoms with Crippen molar-refractivity contribution in [2.24, 2.45) is 0 Å². The van der Waals surface area contributed by atoms with Crippen LogP contribution in [0, 0.1) is 5.82 Å².